The number of carbonyl (C=O) groups is 1. The third-order valence-corrected chi connectivity index (χ3v) is 4.09. The van der Waals surface area contributed by atoms with Crippen LogP contribution in [0, 0.1) is 0 Å². The maximum absolute atomic E-state index is 11.7. The highest BCUT2D eigenvalue weighted by Gasteiger charge is 2.22. The van der Waals surface area contributed by atoms with Crippen LogP contribution in [0.5, 0.6) is 0 Å². The van der Waals surface area contributed by atoms with Crippen molar-refractivity contribution in [2.75, 3.05) is 27.2 Å². The van der Waals surface area contributed by atoms with E-state index in [1.807, 2.05) is 0 Å². The molecule has 19 heavy (non-hydrogen) atoms. The molecule has 1 saturated carbocycles. The van der Waals surface area contributed by atoms with Crippen LogP contribution in [0.2, 0.25) is 0 Å². The summed E-state index contributed by atoms with van der Waals surface area (Å²) in [6.07, 6.45) is 8.56. The van der Waals surface area contributed by atoms with Crippen molar-refractivity contribution >= 4 is 5.97 Å². The lowest BCUT2D eigenvalue weighted by atomic mass is 9.94. The number of hydrogen-bond donors (Lipinski definition) is 1. The van der Waals surface area contributed by atoms with Crippen molar-refractivity contribution in [3.63, 3.8) is 0 Å². The minimum atomic E-state index is -0.156. The Kier molecular flexibility index (Phi) is 8.07. The number of nitrogens with zero attached hydrogens (tertiary/aromatic N) is 1. The Morgan fingerprint density at radius 3 is 2.63 bits per heavy atom. The number of carbonyl (C=O) groups excluding carboxylic acids is 1. The largest absolute Gasteiger partial charge is 0.468 e. The Bertz CT molecular complexity index is 253. The van der Waals surface area contributed by atoms with Gasteiger partial charge in [-0.05, 0) is 39.3 Å². The fourth-order valence-electron chi connectivity index (χ4n) is 2.80. The average molecular weight is 270 g/mol. The van der Waals surface area contributed by atoms with Crippen molar-refractivity contribution in [3.05, 3.63) is 0 Å². The highest BCUT2D eigenvalue weighted by atomic mass is 16.5. The normalized spacial score (nSPS) is 18.5. The van der Waals surface area contributed by atoms with Crippen molar-refractivity contribution < 1.29 is 9.53 Å². The van der Waals surface area contributed by atoms with Crippen LogP contribution >= 0.6 is 0 Å². The molecule has 0 radical (unpaired) electrons. The lowest BCUT2D eigenvalue weighted by Gasteiger charge is -2.32. The predicted octanol–water partition coefficient (Wildman–Crippen LogP) is 2.18. The second-order valence-corrected chi connectivity index (χ2v) is 5.59. The van der Waals surface area contributed by atoms with Crippen molar-refractivity contribution in [2.45, 2.75) is 64.0 Å². The van der Waals surface area contributed by atoms with Gasteiger partial charge in [0.25, 0.3) is 0 Å². The Balaban J connectivity index is 2.34. The fourth-order valence-corrected chi connectivity index (χ4v) is 2.80. The summed E-state index contributed by atoms with van der Waals surface area (Å²) < 4.78 is 4.87. The van der Waals surface area contributed by atoms with E-state index in [0.717, 1.165) is 25.9 Å². The molecule has 0 spiro atoms. The molecule has 1 aliphatic carbocycles. The molecule has 0 aromatic heterocycles. The van der Waals surface area contributed by atoms with Gasteiger partial charge in [-0.25, -0.2) is 0 Å². The third-order valence-electron chi connectivity index (χ3n) is 4.09. The molecule has 4 nitrogen and oxygen atoms in total. The number of methoxy groups -OCH3 is 1. The minimum Gasteiger partial charge on any atom is -0.468 e. The van der Waals surface area contributed by atoms with Crippen LogP contribution in [0.25, 0.3) is 0 Å². The number of esters is 1. The van der Waals surface area contributed by atoms with Crippen LogP contribution in [-0.4, -0.2) is 50.2 Å². The first kappa shape index (κ1) is 16.4. The summed E-state index contributed by atoms with van der Waals surface area (Å²) in [6, 6.07) is 0.550. The second-order valence-electron chi connectivity index (χ2n) is 5.59. The Morgan fingerprint density at radius 2 is 2.05 bits per heavy atom. The van der Waals surface area contributed by atoms with Gasteiger partial charge in [0, 0.05) is 12.6 Å². The van der Waals surface area contributed by atoms with Crippen LogP contribution in [0.1, 0.15) is 51.9 Å². The summed E-state index contributed by atoms with van der Waals surface area (Å²) in [6.45, 7) is 3.93. The number of ether oxygens (including phenoxy) is 1. The molecule has 0 saturated heterocycles. The standard InChI is InChI=1S/C15H30N2O2/c1-4-11-16-14(15(18)19-3)10-12-17(2)13-8-6-5-7-9-13/h13-14,16H,4-12H2,1-3H3. The quantitative estimate of drug-likeness (QED) is 0.686. The Hall–Kier alpha value is -0.610. The summed E-state index contributed by atoms with van der Waals surface area (Å²) in [5.41, 5.74) is 0. The molecule has 1 atom stereocenters. The van der Waals surface area contributed by atoms with E-state index >= 15 is 0 Å². The fraction of sp³-hybridized carbons (Fsp3) is 0.933. The molecular weight excluding hydrogens is 240 g/mol. The predicted molar refractivity (Wildman–Crippen MR) is 78.2 cm³/mol. The van der Waals surface area contributed by atoms with E-state index in [2.05, 4.69) is 24.2 Å². The molecule has 1 unspecified atom stereocenters. The topological polar surface area (TPSA) is 41.6 Å². The van der Waals surface area contributed by atoms with Crippen molar-refractivity contribution in [2.24, 2.45) is 0 Å². The highest BCUT2D eigenvalue weighted by molar-refractivity contribution is 5.75. The molecule has 1 fully saturated rings. The first-order valence-electron chi connectivity index (χ1n) is 7.70. The van der Waals surface area contributed by atoms with E-state index in [9.17, 15) is 4.79 Å². The zero-order valence-electron chi connectivity index (χ0n) is 12.8. The maximum atomic E-state index is 11.7. The van der Waals surface area contributed by atoms with Gasteiger partial charge < -0.3 is 15.0 Å². The van der Waals surface area contributed by atoms with E-state index in [1.54, 1.807) is 0 Å². The molecule has 4 heteroatoms. The smallest absolute Gasteiger partial charge is 0.322 e. The molecule has 0 aliphatic heterocycles. The lowest BCUT2D eigenvalue weighted by Crippen LogP contribution is -2.42. The van der Waals surface area contributed by atoms with Gasteiger partial charge in [-0.2, -0.15) is 0 Å². The van der Waals surface area contributed by atoms with Crippen LogP contribution in [-0.2, 0) is 9.53 Å². The summed E-state index contributed by atoms with van der Waals surface area (Å²) in [7, 11) is 3.65. The maximum Gasteiger partial charge on any atom is 0.322 e. The van der Waals surface area contributed by atoms with Gasteiger partial charge in [0.05, 0.1) is 7.11 Å². The Morgan fingerprint density at radius 1 is 1.37 bits per heavy atom. The molecule has 0 amide bonds. The van der Waals surface area contributed by atoms with Crippen molar-refractivity contribution in [1.29, 1.82) is 0 Å². The first-order chi connectivity index (χ1) is 9.19. The van der Waals surface area contributed by atoms with Gasteiger partial charge in [-0.15, -0.1) is 0 Å². The SMILES string of the molecule is CCCNC(CCN(C)C1CCCCC1)C(=O)OC. The zero-order valence-corrected chi connectivity index (χ0v) is 12.8. The van der Waals surface area contributed by atoms with E-state index in [-0.39, 0.29) is 12.0 Å². The molecule has 0 heterocycles. The first-order valence-corrected chi connectivity index (χ1v) is 7.70. The molecule has 0 aromatic rings. The van der Waals surface area contributed by atoms with Gasteiger partial charge >= 0.3 is 5.97 Å². The van der Waals surface area contributed by atoms with Crippen LogP contribution in [0.3, 0.4) is 0 Å². The van der Waals surface area contributed by atoms with Gasteiger partial charge in [0.2, 0.25) is 0 Å². The third kappa shape index (κ3) is 5.91. The van der Waals surface area contributed by atoms with Crippen LogP contribution in [0.15, 0.2) is 0 Å². The molecule has 112 valence electrons. The molecule has 0 aromatic carbocycles. The molecule has 1 N–H and O–H groups in total. The average Bonchev–Trinajstić information content (AvgIpc) is 2.47. The van der Waals surface area contributed by atoms with E-state index < -0.39 is 0 Å². The summed E-state index contributed by atoms with van der Waals surface area (Å²) in [5.74, 6) is -0.134. The van der Waals surface area contributed by atoms with Gasteiger partial charge in [-0.1, -0.05) is 26.2 Å². The van der Waals surface area contributed by atoms with E-state index in [0.29, 0.717) is 6.04 Å². The molecule has 0 bridgehead atoms. The summed E-state index contributed by atoms with van der Waals surface area (Å²) in [5, 5.41) is 3.28. The summed E-state index contributed by atoms with van der Waals surface area (Å²) >= 11 is 0. The van der Waals surface area contributed by atoms with Crippen molar-refractivity contribution in [3.8, 4) is 0 Å². The van der Waals surface area contributed by atoms with Crippen molar-refractivity contribution in [1.82, 2.24) is 10.2 Å². The number of hydrogen-bond acceptors (Lipinski definition) is 4. The molecule has 1 aliphatic rings. The molecule has 1 rings (SSSR count). The number of rotatable bonds is 8. The van der Waals surface area contributed by atoms with E-state index in [4.69, 9.17) is 4.74 Å². The molecular formula is C15H30N2O2. The summed E-state index contributed by atoms with van der Waals surface area (Å²) in [4.78, 5) is 14.1. The van der Waals surface area contributed by atoms with Gasteiger partial charge in [0.15, 0.2) is 0 Å². The lowest BCUT2D eigenvalue weighted by molar-refractivity contribution is -0.143. The monoisotopic (exact) mass is 270 g/mol. The van der Waals surface area contributed by atoms with Gasteiger partial charge in [0.1, 0.15) is 6.04 Å². The highest BCUT2D eigenvalue weighted by Crippen LogP contribution is 2.21. The second kappa shape index (κ2) is 9.32. The van der Waals surface area contributed by atoms with Crippen LogP contribution in [0.4, 0.5) is 0 Å². The number of nitrogens with one attached hydrogen (secondary N) is 1. The van der Waals surface area contributed by atoms with Gasteiger partial charge in [-0.3, -0.25) is 4.79 Å². The zero-order chi connectivity index (χ0) is 14.1. The van der Waals surface area contributed by atoms with E-state index in [1.165, 1.54) is 39.2 Å². The van der Waals surface area contributed by atoms with Crippen LogP contribution < -0.4 is 5.32 Å². The Labute approximate surface area is 117 Å². The minimum absolute atomic E-state index is 0.134.